The van der Waals surface area contributed by atoms with Gasteiger partial charge in [0.2, 0.25) is 11.7 Å². The van der Waals surface area contributed by atoms with E-state index in [0.717, 1.165) is 0 Å². The predicted molar refractivity (Wildman–Crippen MR) is 126 cm³/mol. The van der Waals surface area contributed by atoms with Gasteiger partial charge >= 0.3 is 5.97 Å². The molecule has 1 aliphatic carbocycles. The second kappa shape index (κ2) is 11.4. The predicted octanol–water partition coefficient (Wildman–Crippen LogP) is 3.77. The molecule has 0 spiro atoms. The Kier molecular flexibility index (Phi) is 8.32. The topological polar surface area (TPSA) is 97.3 Å². The number of benzene rings is 2. The average Bonchev–Trinajstić information content (AvgIpc) is 3.61. The van der Waals surface area contributed by atoms with Crippen molar-refractivity contribution in [3.8, 4) is 17.2 Å². The van der Waals surface area contributed by atoms with E-state index in [2.05, 4.69) is 5.32 Å². The van der Waals surface area contributed by atoms with Crippen LogP contribution in [-0.4, -0.2) is 62.8 Å². The quantitative estimate of drug-likeness (QED) is 0.471. The first-order valence-corrected chi connectivity index (χ1v) is 10.8. The summed E-state index contributed by atoms with van der Waals surface area (Å²) in [5, 5.41) is 11.9. The van der Waals surface area contributed by atoms with E-state index in [1.165, 1.54) is 25.0 Å². The molecule has 2 aromatic rings. The molecular formula is C25H30N2O6. The maximum Gasteiger partial charge on any atom is 0.337 e. The van der Waals surface area contributed by atoms with Crippen molar-refractivity contribution in [3.05, 3.63) is 53.6 Å². The minimum absolute atomic E-state index is 0.0193. The lowest BCUT2D eigenvalue weighted by atomic mass is 10.1. The summed E-state index contributed by atoms with van der Waals surface area (Å²) in [5.41, 5.74) is 0.889. The Balaban J connectivity index is 1.81. The average molecular weight is 455 g/mol. The van der Waals surface area contributed by atoms with Crippen molar-refractivity contribution in [1.29, 1.82) is 0 Å². The Labute approximate surface area is 193 Å². The van der Waals surface area contributed by atoms with E-state index in [4.69, 9.17) is 14.2 Å². The van der Waals surface area contributed by atoms with Crippen molar-refractivity contribution in [2.24, 2.45) is 5.92 Å². The summed E-state index contributed by atoms with van der Waals surface area (Å²) < 4.78 is 17.6. The highest BCUT2D eigenvalue weighted by atomic mass is 16.5. The molecule has 2 N–H and O–H groups in total. The van der Waals surface area contributed by atoms with Gasteiger partial charge in [-0.1, -0.05) is 12.1 Å². The minimum Gasteiger partial charge on any atom is -0.490 e. The van der Waals surface area contributed by atoms with Crippen LogP contribution in [0.25, 0.3) is 6.08 Å². The summed E-state index contributed by atoms with van der Waals surface area (Å²) in [6.45, 7) is 1.76. The van der Waals surface area contributed by atoms with E-state index in [1.807, 2.05) is 25.1 Å². The summed E-state index contributed by atoms with van der Waals surface area (Å²) >= 11 is 0. The standard InChI is InChI=1S/C25H30N2O6/c1-27(2)14-15-32-23-18(10-12-21(24(23)31-3)33-16-17-8-9-17)11-13-22(28)26-20-7-5-4-6-19(20)25(29)30/h4-7,10-13,17H,8-9,14-16H2,1-3H3,(H,26,28)(H,29,30)/b13-11+. The number of nitrogens with one attached hydrogen (secondary N) is 1. The smallest absolute Gasteiger partial charge is 0.337 e. The number of para-hydroxylation sites is 1. The van der Waals surface area contributed by atoms with E-state index < -0.39 is 11.9 Å². The fourth-order valence-electron chi connectivity index (χ4n) is 3.09. The molecule has 2 aromatic carbocycles. The van der Waals surface area contributed by atoms with E-state index >= 15 is 0 Å². The molecule has 33 heavy (non-hydrogen) atoms. The molecule has 1 amide bonds. The van der Waals surface area contributed by atoms with Gasteiger partial charge in [0.1, 0.15) is 6.61 Å². The third-order valence-corrected chi connectivity index (χ3v) is 5.10. The number of aromatic carboxylic acids is 1. The molecule has 1 aliphatic rings. The van der Waals surface area contributed by atoms with Crippen molar-refractivity contribution in [2.45, 2.75) is 12.8 Å². The fourth-order valence-corrected chi connectivity index (χ4v) is 3.09. The van der Waals surface area contributed by atoms with Crippen LogP contribution < -0.4 is 19.5 Å². The zero-order valence-corrected chi connectivity index (χ0v) is 19.2. The highest BCUT2D eigenvalue weighted by molar-refractivity contribution is 6.06. The number of methoxy groups -OCH3 is 1. The Bertz CT molecular complexity index is 1010. The lowest BCUT2D eigenvalue weighted by molar-refractivity contribution is -0.111. The van der Waals surface area contributed by atoms with Crippen LogP contribution in [0.5, 0.6) is 17.2 Å². The van der Waals surface area contributed by atoms with Gasteiger partial charge in [-0.25, -0.2) is 4.79 Å². The molecule has 0 aliphatic heterocycles. The van der Waals surface area contributed by atoms with Crippen LogP contribution >= 0.6 is 0 Å². The summed E-state index contributed by atoms with van der Waals surface area (Å²) in [6.07, 6.45) is 5.29. The molecule has 0 atom stereocenters. The van der Waals surface area contributed by atoms with Crippen molar-refractivity contribution in [1.82, 2.24) is 4.90 Å². The van der Waals surface area contributed by atoms with E-state index in [-0.39, 0.29) is 11.3 Å². The summed E-state index contributed by atoms with van der Waals surface area (Å²) in [5.74, 6) is 0.579. The van der Waals surface area contributed by atoms with Crippen LogP contribution in [-0.2, 0) is 4.79 Å². The number of ether oxygens (including phenoxy) is 3. The van der Waals surface area contributed by atoms with Gasteiger partial charge in [0.25, 0.3) is 0 Å². The van der Waals surface area contributed by atoms with Crippen LogP contribution in [0.2, 0.25) is 0 Å². The van der Waals surface area contributed by atoms with Crippen LogP contribution in [0.15, 0.2) is 42.5 Å². The molecule has 1 saturated carbocycles. The Morgan fingerprint density at radius 2 is 1.88 bits per heavy atom. The number of likely N-dealkylation sites (N-methyl/N-ethyl adjacent to an activating group) is 1. The molecule has 0 unspecified atom stereocenters. The Hall–Kier alpha value is -3.52. The zero-order chi connectivity index (χ0) is 23.8. The Morgan fingerprint density at radius 1 is 1.12 bits per heavy atom. The second-order valence-corrected chi connectivity index (χ2v) is 8.09. The number of rotatable bonds is 12. The molecular weight excluding hydrogens is 424 g/mol. The molecule has 0 heterocycles. The number of carbonyl (C=O) groups excluding carboxylic acids is 1. The number of carboxylic acids is 1. The van der Waals surface area contributed by atoms with Gasteiger partial charge in [-0.05, 0) is 63.2 Å². The van der Waals surface area contributed by atoms with Crippen LogP contribution in [0.4, 0.5) is 5.69 Å². The Morgan fingerprint density at radius 3 is 2.55 bits per heavy atom. The van der Waals surface area contributed by atoms with Crippen LogP contribution in [0.3, 0.4) is 0 Å². The molecule has 176 valence electrons. The van der Waals surface area contributed by atoms with E-state index in [9.17, 15) is 14.7 Å². The van der Waals surface area contributed by atoms with Crippen molar-refractivity contribution >= 4 is 23.6 Å². The lowest BCUT2D eigenvalue weighted by Crippen LogP contribution is -2.20. The second-order valence-electron chi connectivity index (χ2n) is 8.09. The molecule has 8 heteroatoms. The van der Waals surface area contributed by atoms with Gasteiger partial charge in [0, 0.05) is 18.2 Å². The van der Waals surface area contributed by atoms with Gasteiger partial charge in [-0.2, -0.15) is 0 Å². The number of nitrogens with zero attached hydrogens (tertiary/aromatic N) is 1. The maximum atomic E-state index is 12.5. The number of hydrogen-bond acceptors (Lipinski definition) is 6. The largest absolute Gasteiger partial charge is 0.490 e. The molecule has 0 bridgehead atoms. The van der Waals surface area contributed by atoms with E-state index in [0.29, 0.717) is 48.5 Å². The first-order chi connectivity index (χ1) is 15.9. The van der Waals surface area contributed by atoms with Crippen molar-refractivity contribution in [2.75, 3.05) is 46.3 Å². The first-order valence-electron chi connectivity index (χ1n) is 10.8. The normalized spacial score (nSPS) is 13.2. The number of carbonyl (C=O) groups is 2. The summed E-state index contributed by atoms with van der Waals surface area (Å²) in [7, 11) is 5.47. The lowest BCUT2D eigenvalue weighted by Gasteiger charge is -2.18. The SMILES string of the molecule is COc1c(OCC2CC2)ccc(/C=C/C(=O)Nc2ccccc2C(=O)O)c1OCCN(C)C. The van der Waals surface area contributed by atoms with Crippen molar-refractivity contribution < 1.29 is 28.9 Å². The van der Waals surface area contributed by atoms with Gasteiger partial charge < -0.3 is 29.5 Å². The van der Waals surface area contributed by atoms with Gasteiger partial charge in [-0.15, -0.1) is 0 Å². The van der Waals surface area contributed by atoms with Crippen molar-refractivity contribution in [3.63, 3.8) is 0 Å². The van der Waals surface area contributed by atoms with E-state index in [1.54, 1.807) is 37.5 Å². The third-order valence-electron chi connectivity index (χ3n) is 5.10. The molecule has 0 saturated heterocycles. The highest BCUT2D eigenvalue weighted by Crippen LogP contribution is 2.42. The maximum absolute atomic E-state index is 12.5. The number of hydrogen-bond donors (Lipinski definition) is 2. The molecule has 8 nitrogen and oxygen atoms in total. The number of carboxylic acid groups (broad SMARTS) is 1. The highest BCUT2D eigenvalue weighted by Gasteiger charge is 2.24. The third kappa shape index (κ3) is 6.98. The van der Waals surface area contributed by atoms with Gasteiger partial charge in [0.15, 0.2) is 11.5 Å². The fraction of sp³-hybridized carbons (Fsp3) is 0.360. The summed E-state index contributed by atoms with van der Waals surface area (Å²) in [4.78, 5) is 25.9. The number of amides is 1. The molecule has 1 fully saturated rings. The molecule has 0 aromatic heterocycles. The monoisotopic (exact) mass is 454 g/mol. The van der Waals surface area contributed by atoms with Gasteiger partial charge in [0.05, 0.1) is 25.0 Å². The molecule has 0 radical (unpaired) electrons. The van der Waals surface area contributed by atoms with Crippen LogP contribution in [0.1, 0.15) is 28.8 Å². The van der Waals surface area contributed by atoms with Crippen LogP contribution in [0, 0.1) is 5.92 Å². The number of anilines is 1. The zero-order valence-electron chi connectivity index (χ0n) is 19.2. The minimum atomic E-state index is -1.11. The summed E-state index contributed by atoms with van der Waals surface area (Å²) in [6, 6.07) is 9.85. The van der Waals surface area contributed by atoms with Gasteiger partial charge in [-0.3, -0.25) is 4.79 Å². The first kappa shape index (κ1) is 24.1. The molecule has 3 rings (SSSR count).